The van der Waals surface area contributed by atoms with Gasteiger partial charge >= 0.3 is 0 Å². The van der Waals surface area contributed by atoms with Crippen molar-refractivity contribution in [3.8, 4) is 0 Å². The smallest absolute Gasteiger partial charge is 0.0239 e. The molecule has 0 aromatic heterocycles. The second-order valence-electron chi connectivity index (χ2n) is 5.43. The Hall–Kier alpha value is -0.820. The van der Waals surface area contributed by atoms with E-state index in [-0.39, 0.29) is 0 Å². The van der Waals surface area contributed by atoms with Crippen molar-refractivity contribution in [1.29, 1.82) is 0 Å². The molecule has 0 amide bonds. The van der Waals surface area contributed by atoms with Crippen molar-refractivity contribution in [2.45, 2.75) is 51.6 Å². The maximum absolute atomic E-state index is 2.72. The molecule has 0 unspecified atom stereocenters. The van der Waals surface area contributed by atoms with Gasteiger partial charge in [-0.3, -0.25) is 4.90 Å². The first-order chi connectivity index (χ1) is 7.83. The van der Waals surface area contributed by atoms with Crippen LogP contribution in [0.1, 0.15) is 42.4 Å². The molecule has 1 saturated carbocycles. The summed E-state index contributed by atoms with van der Waals surface area (Å²) in [5.74, 6) is 0. The van der Waals surface area contributed by atoms with E-state index in [4.69, 9.17) is 0 Å². The van der Waals surface area contributed by atoms with E-state index < -0.39 is 0 Å². The van der Waals surface area contributed by atoms with Gasteiger partial charge in [-0.15, -0.1) is 0 Å². The number of rotatable bonds is 1. The molecule has 1 aromatic rings. The van der Waals surface area contributed by atoms with Crippen LogP contribution in [-0.2, 0) is 13.0 Å². The molecule has 1 heteroatoms. The Labute approximate surface area is 98.5 Å². The zero-order valence-corrected chi connectivity index (χ0v) is 10.2. The number of benzene rings is 1. The summed E-state index contributed by atoms with van der Waals surface area (Å²) in [7, 11) is 0. The van der Waals surface area contributed by atoms with Crippen LogP contribution in [0.2, 0.25) is 0 Å². The first-order valence-electron chi connectivity index (χ1n) is 6.65. The van der Waals surface area contributed by atoms with Gasteiger partial charge in [0.25, 0.3) is 0 Å². The molecular formula is C15H21N. The average molecular weight is 215 g/mol. The van der Waals surface area contributed by atoms with Gasteiger partial charge in [0.05, 0.1) is 0 Å². The normalized spacial score (nSPS) is 22.3. The van der Waals surface area contributed by atoms with Gasteiger partial charge in [0.2, 0.25) is 0 Å². The van der Waals surface area contributed by atoms with Gasteiger partial charge in [-0.2, -0.15) is 0 Å². The van der Waals surface area contributed by atoms with Gasteiger partial charge in [-0.25, -0.2) is 0 Å². The van der Waals surface area contributed by atoms with E-state index in [0.717, 1.165) is 6.04 Å². The first kappa shape index (κ1) is 10.3. The highest BCUT2D eigenvalue weighted by atomic mass is 15.2. The molecule has 0 saturated heterocycles. The van der Waals surface area contributed by atoms with Crippen LogP contribution in [0.15, 0.2) is 18.2 Å². The van der Waals surface area contributed by atoms with Crippen LogP contribution >= 0.6 is 0 Å². The van der Waals surface area contributed by atoms with Crippen LogP contribution in [0.25, 0.3) is 0 Å². The van der Waals surface area contributed by atoms with Crippen LogP contribution < -0.4 is 0 Å². The van der Waals surface area contributed by atoms with Gasteiger partial charge in [-0.05, 0) is 37.3 Å². The third-order valence-electron chi connectivity index (χ3n) is 4.24. The molecule has 0 spiro atoms. The van der Waals surface area contributed by atoms with Crippen molar-refractivity contribution in [3.05, 3.63) is 34.9 Å². The predicted molar refractivity (Wildman–Crippen MR) is 67.5 cm³/mol. The van der Waals surface area contributed by atoms with Gasteiger partial charge < -0.3 is 0 Å². The quantitative estimate of drug-likeness (QED) is 0.695. The minimum absolute atomic E-state index is 0.883. The van der Waals surface area contributed by atoms with Gasteiger partial charge in [0.1, 0.15) is 0 Å². The molecule has 0 bridgehead atoms. The average Bonchev–Trinajstić information content (AvgIpc) is 2.81. The Bertz CT molecular complexity index is 377. The molecule has 0 radical (unpaired) electrons. The van der Waals surface area contributed by atoms with Crippen LogP contribution in [0.4, 0.5) is 0 Å². The molecule has 1 nitrogen and oxygen atoms in total. The summed E-state index contributed by atoms with van der Waals surface area (Å²) in [5, 5.41) is 0. The standard InChI is InChI=1S/C15H21N/c1-12-6-7-13-8-9-16(11-14(13)10-12)15-4-2-3-5-15/h6-7,10,15H,2-5,8-9,11H2,1H3. The summed E-state index contributed by atoms with van der Waals surface area (Å²) in [6.07, 6.45) is 7.01. The van der Waals surface area contributed by atoms with Crippen LogP contribution in [0.3, 0.4) is 0 Å². The molecule has 86 valence electrons. The van der Waals surface area contributed by atoms with Crippen molar-refractivity contribution < 1.29 is 0 Å². The molecule has 1 aromatic carbocycles. The van der Waals surface area contributed by atoms with Gasteiger partial charge in [0, 0.05) is 19.1 Å². The van der Waals surface area contributed by atoms with Crippen molar-refractivity contribution >= 4 is 0 Å². The van der Waals surface area contributed by atoms with Crippen LogP contribution in [-0.4, -0.2) is 17.5 Å². The molecule has 1 heterocycles. The maximum atomic E-state index is 2.72. The van der Waals surface area contributed by atoms with E-state index in [2.05, 4.69) is 30.0 Å². The van der Waals surface area contributed by atoms with Gasteiger partial charge in [-0.1, -0.05) is 36.6 Å². The summed E-state index contributed by atoms with van der Waals surface area (Å²) in [6.45, 7) is 4.68. The van der Waals surface area contributed by atoms with E-state index in [1.807, 2.05) is 0 Å². The monoisotopic (exact) mass is 215 g/mol. The van der Waals surface area contributed by atoms with E-state index in [1.54, 1.807) is 11.1 Å². The zero-order valence-electron chi connectivity index (χ0n) is 10.2. The zero-order chi connectivity index (χ0) is 11.0. The van der Waals surface area contributed by atoms with Crippen LogP contribution in [0.5, 0.6) is 0 Å². The molecule has 1 fully saturated rings. The lowest BCUT2D eigenvalue weighted by atomic mass is 9.96. The molecule has 1 aliphatic heterocycles. The SMILES string of the molecule is Cc1ccc2c(c1)CN(C1CCCC1)CC2. The summed E-state index contributed by atoms with van der Waals surface area (Å²) in [6, 6.07) is 7.85. The van der Waals surface area contributed by atoms with E-state index >= 15 is 0 Å². The third kappa shape index (κ3) is 1.89. The van der Waals surface area contributed by atoms with Crippen molar-refractivity contribution in [2.24, 2.45) is 0 Å². The topological polar surface area (TPSA) is 3.24 Å². The van der Waals surface area contributed by atoms with Gasteiger partial charge in [0.15, 0.2) is 0 Å². The summed E-state index contributed by atoms with van der Waals surface area (Å²) < 4.78 is 0. The second kappa shape index (κ2) is 4.21. The predicted octanol–water partition coefficient (Wildman–Crippen LogP) is 3.30. The molecular weight excluding hydrogens is 194 g/mol. The highest BCUT2D eigenvalue weighted by Gasteiger charge is 2.25. The minimum atomic E-state index is 0.883. The lowest BCUT2D eigenvalue weighted by molar-refractivity contribution is 0.181. The highest BCUT2D eigenvalue weighted by molar-refractivity contribution is 5.33. The largest absolute Gasteiger partial charge is 0.296 e. The summed E-state index contributed by atoms with van der Waals surface area (Å²) in [4.78, 5) is 2.72. The van der Waals surface area contributed by atoms with E-state index in [0.29, 0.717) is 0 Å². The number of fused-ring (bicyclic) bond motifs is 1. The Morgan fingerprint density at radius 1 is 1.12 bits per heavy atom. The van der Waals surface area contributed by atoms with Crippen molar-refractivity contribution in [3.63, 3.8) is 0 Å². The van der Waals surface area contributed by atoms with E-state index in [9.17, 15) is 0 Å². The molecule has 0 atom stereocenters. The maximum Gasteiger partial charge on any atom is 0.0239 e. The summed E-state index contributed by atoms with van der Waals surface area (Å²) >= 11 is 0. The Morgan fingerprint density at radius 3 is 2.75 bits per heavy atom. The second-order valence-corrected chi connectivity index (χ2v) is 5.43. The molecule has 16 heavy (non-hydrogen) atoms. The molecule has 1 aliphatic carbocycles. The third-order valence-corrected chi connectivity index (χ3v) is 4.24. The lowest BCUT2D eigenvalue weighted by Crippen LogP contribution is -2.37. The Morgan fingerprint density at radius 2 is 1.94 bits per heavy atom. The van der Waals surface area contributed by atoms with Crippen molar-refractivity contribution in [1.82, 2.24) is 4.90 Å². The molecule has 3 rings (SSSR count). The first-order valence-corrected chi connectivity index (χ1v) is 6.65. The van der Waals surface area contributed by atoms with E-state index in [1.165, 1.54) is 50.8 Å². The molecule has 0 N–H and O–H groups in total. The number of hydrogen-bond donors (Lipinski definition) is 0. The molecule has 2 aliphatic rings. The Kier molecular flexibility index (Phi) is 2.72. The fourth-order valence-electron chi connectivity index (χ4n) is 3.29. The van der Waals surface area contributed by atoms with Crippen molar-refractivity contribution in [2.75, 3.05) is 6.54 Å². The van der Waals surface area contributed by atoms with Crippen LogP contribution in [0, 0.1) is 6.92 Å². The number of hydrogen-bond acceptors (Lipinski definition) is 1. The lowest BCUT2D eigenvalue weighted by Gasteiger charge is -2.33. The minimum Gasteiger partial charge on any atom is -0.296 e. The number of nitrogens with zero attached hydrogens (tertiary/aromatic N) is 1. The number of aryl methyl sites for hydroxylation is 1. The summed E-state index contributed by atoms with van der Waals surface area (Å²) in [5.41, 5.74) is 4.57. The fourth-order valence-corrected chi connectivity index (χ4v) is 3.29. The Balaban J connectivity index is 1.79. The fraction of sp³-hybridized carbons (Fsp3) is 0.600. The highest BCUT2D eigenvalue weighted by Crippen LogP contribution is 2.28.